The Labute approximate surface area is 245 Å². The second-order valence-corrected chi connectivity index (χ2v) is 14.2. The third kappa shape index (κ3) is 5.61. The molecule has 10 heteroatoms. The first-order valence-corrected chi connectivity index (χ1v) is 16.0. The Morgan fingerprint density at radius 2 is 1.29 bits per heavy atom. The van der Waals surface area contributed by atoms with Crippen LogP contribution in [0.15, 0.2) is 116 Å². The summed E-state index contributed by atoms with van der Waals surface area (Å²) in [6.07, 6.45) is 0. The third-order valence-electron chi connectivity index (χ3n) is 6.84. The molecule has 1 aromatic heterocycles. The Bertz CT molecular complexity index is 2050. The summed E-state index contributed by atoms with van der Waals surface area (Å²) in [6.45, 7) is 4.26. The van der Waals surface area contributed by atoms with Crippen molar-refractivity contribution in [2.45, 2.75) is 30.2 Å². The summed E-state index contributed by atoms with van der Waals surface area (Å²) in [6, 6.07) is 25.1. The van der Waals surface area contributed by atoms with Crippen molar-refractivity contribution in [3.8, 4) is 11.1 Å². The van der Waals surface area contributed by atoms with Gasteiger partial charge in [-0.2, -0.15) is 3.71 Å². The zero-order valence-corrected chi connectivity index (χ0v) is 25.2. The largest absolute Gasteiger partial charge is 0.422 e. The van der Waals surface area contributed by atoms with Crippen LogP contribution in [-0.4, -0.2) is 35.8 Å². The molecule has 5 aromatic rings. The fourth-order valence-electron chi connectivity index (χ4n) is 4.73. The van der Waals surface area contributed by atoms with E-state index in [-0.39, 0.29) is 26.6 Å². The lowest BCUT2D eigenvalue weighted by Gasteiger charge is -2.24. The number of sulfonamides is 2. The Kier molecular flexibility index (Phi) is 7.80. The highest BCUT2D eigenvalue weighted by Gasteiger charge is 2.37. The Hall–Kier alpha value is -4.25. The van der Waals surface area contributed by atoms with Crippen LogP contribution >= 0.6 is 0 Å². The number of fused-ring (bicyclic) bond motifs is 1. The van der Waals surface area contributed by atoms with E-state index in [2.05, 4.69) is 0 Å². The van der Waals surface area contributed by atoms with Crippen molar-refractivity contribution in [1.82, 2.24) is 4.90 Å². The molecule has 0 radical (unpaired) electrons. The average molecular weight is 603 g/mol. The number of benzene rings is 4. The first kappa shape index (κ1) is 29.2. The smallest absolute Gasteiger partial charge is 0.344 e. The van der Waals surface area contributed by atoms with Crippen molar-refractivity contribution in [2.75, 3.05) is 17.8 Å². The van der Waals surface area contributed by atoms with E-state index in [1.165, 1.54) is 42.5 Å². The minimum absolute atomic E-state index is 0.120. The van der Waals surface area contributed by atoms with Crippen molar-refractivity contribution in [3.05, 3.63) is 124 Å². The molecule has 0 fully saturated rings. The molecule has 0 aliphatic rings. The molecule has 216 valence electrons. The van der Waals surface area contributed by atoms with E-state index in [9.17, 15) is 21.6 Å². The molecule has 42 heavy (non-hydrogen) atoms. The molecule has 0 aliphatic carbocycles. The Balaban J connectivity index is 1.71. The lowest BCUT2D eigenvalue weighted by atomic mass is 10.0. The quantitative estimate of drug-likeness (QED) is 0.209. The molecule has 0 unspecified atom stereocenters. The summed E-state index contributed by atoms with van der Waals surface area (Å²) in [5.41, 5.74) is 3.01. The van der Waals surface area contributed by atoms with Crippen LogP contribution in [0.2, 0.25) is 0 Å². The van der Waals surface area contributed by atoms with Crippen LogP contribution in [0.5, 0.6) is 0 Å². The van der Waals surface area contributed by atoms with Crippen molar-refractivity contribution < 1.29 is 21.3 Å². The van der Waals surface area contributed by atoms with Crippen LogP contribution < -0.4 is 9.34 Å². The van der Waals surface area contributed by atoms with Gasteiger partial charge < -0.3 is 9.32 Å². The van der Waals surface area contributed by atoms with Gasteiger partial charge in [0.1, 0.15) is 5.58 Å². The lowest BCUT2D eigenvalue weighted by molar-refractivity contribution is 0.402. The fourth-order valence-corrected chi connectivity index (χ4v) is 8.40. The predicted octanol–water partition coefficient (Wildman–Crippen LogP) is 5.72. The van der Waals surface area contributed by atoms with Crippen LogP contribution in [0.3, 0.4) is 0 Å². The maximum atomic E-state index is 14.1. The van der Waals surface area contributed by atoms with Crippen molar-refractivity contribution in [3.63, 3.8) is 0 Å². The van der Waals surface area contributed by atoms with E-state index in [0.717, 1.165) is 16.7 Å². The van der Waals surface area contributed by atoms with Gasteiger partial charge in [0, 0.05) is 11.9 Å². The number of nitrogens with zero attached hydrogens (tertiary/aromatic N) is 2. The predicted molar refractivity (Wildman–Crippen MR) is 165 cm³/mol. The lowest BCUT2D eigenvalue weighted by Crippen LogP contribution is -2.37. The summed E-state index contributed by atoms with van der Waals surface area (Å²) in [4.78, 5) is 14.4. The van der Waals surface area contributed by atoms with Crippen LogP contribution in [0, 0.1) is 13.8 Å². The summed E-state index contributed by atoms with van der Waals surface area (Å²) < 4.78 is 62.4. The molecule has 0 saturated carbocycles. The minimum atomic E-state index is -4.62. The first-order chi connectivity index (χ1) is 19.9. The molecule has 0 spiro atoms. The van der Waals surface area contributed by atoms with Gasteiger partial charge in [-0.05, 0) is 93.2 Å². The van der Waals surface area contributed by atoms with E-state index in [4.69, 9.17) is 4.42 Å². The second kappa shape index (κ2) is 11.2. The molecule has 0 saturated heterocycles. The second-order valence-electron chi connectivity index (χ2n) is 10.4. The minimum Gasteiger partial charge on any atom is -0.422 e. The topological polar surface area (TPSA) is 105 Å². The van der Waals surface area contributed by atoms with Gasteiger partial charge in [0.15, 0.2) is 0 Å². The van der Waals surface area contributed by atoms with Crippen LogP contribution in [0.25, 0.3) is 22.1 Å². The number of anilines is 1. The fraction of sp³-hybridized carbons (Fsp3) is 0.156. The van der Waals surface area contributed by atoms with Crippen molar-refractivity contribution in [1.29, 1.82) is 0 Å². The number of aryl methyl sites for hydroxylation is 2. The van der Waals surface area contributed by atoms with Gasteiger partial charge in [-0.25, -0.2) is 21.6 Å². The molecule has 0 N–H and O–H groups in total. The van der Waals surface area contributed by atoms with Gasteiger partial charge >= 0.3 is 5.63 Å². The Morgan fingerprint density at radius 1 is 0.690 bits per heavy atom. The van der Waals surface area contributed by atoms with Gasteiger partial charge in [-0.1, -0.05) is 54.1 Å². The molecule has 0 aliphatic heterocycles. The van der Waals surface area contributed by atoms with E-state index >= 15 is 0 Å². The molecule has 0 atom stereocenters. The van der Waals surface area contributed by atoms with Gasteiger partial charge in [0.2, 0.25) is 0 Å². The highest BCUT2D eigenvalue weighted by atomic mass is 32.3. The van der Waals surface area contributed by atoms with E-state index in [1.54, 1.807) is 42.5 Å². The SMILES string of the molecule is Cc1ccc(S(=O)(=O)N(c2ccc3oc(=O)c(-c4ccccc4C)cc3c2)S(=O)(=O)c2ccc(CN(C)C)cc2)cc1. The van der Waals surface area contributed by atoms with Crippen LogP contribution in [-0.2, 0) is 26.6 Å². The molecule has 5 rings (SSSR count). The molecule has 0 bridgehead atoms. The van der Waals surface area contributed by atoms with Crippen molar-refractivity contribution >= 4 is 36.7 Å². The van der Waals surface area contributed by atoms with Gasteiger partial charge in [0.05, 0.1) is 21.0 Å². The van der Waals surface area contributed by atoms with Gasteiger partial charge in [-0.15, -0.1) is 0 Å². The summed E-state index contributed by atoms with van der Waals surface area (Å²) in [5.74, 6) is 0. The average Bonchev–Trinajstić information content (AvgIpc) is 2.93. The molecule has 0 amide bonds. The third-order valence-corrected chi connectivity index (χ3v) is 11.0. The van der Waals surface area contributed by atoms with Crippen LogP contribution in [0.4, 0.5) is 5.69 Å². The first-order valence-electron chi connectivity index (χ1n) is 13.1. The van der Waals surface area contributed by atoms with Crippen LogP contribution in [0.1, 0.15) is 16.7 Å². The maximum absolute atomic E-state index is 14.1. The zero-order valence-electron chi connectivity index (χ0n) is 23.6. The number of rotatable bonds is 8. The monoisotopic (exact) mass is 602 g/mol. The summed E-state index contributed by atoms with van der Waals surface area (Å²) in [5, 5.41) is 0.367. The highest BCUT2D eigenvalue weighted by Crippen LogP contribution is 2.34. The summed E-state index contributed by atoms with van der Waals surface area (Å²) in [7, 11) is -5.44. The molecular formula is C32H30N2O6S2. The zero-order chi connectivity index (χ0) is 30.2. The van der Waals surface area contributed by atoms with E-state index < -0.39 is 25.7 Å². The standard InChI is InChI=1S/C32H30N2O6S2/c1-22-9-14-27(15-10-22)41(36,37)34(42(38,39)28-16-11-24(12-17-28)21-33(3)4)26-13-18-31-25(19-26)20-30(32(35)40-31)29-8-6-5-7-23(29)2/h5-20H,21H2,1-4H3. The summed E-state index contributed by atoms with van der Waals surface area (Å²) >= 11 is 0. The number of hydrogen-bond acceptors (Lipinski definition) is 7. The molecular weight excluding hydrogens is 572 g/mol. The van der Waals surface area contributed by atoms with E-state index in [0.29, 0.717) is 21.2 Å². The highest BCUT2D eigenvalue weighted by molar-refractivity contribution is 8.10. The molecule has 8 nitrogen and oxygen atoms in total. The Morgan fingerprint density at radius 3 is 1.88 bits per heavy atom. The van der Waals surface area contributed by atoms with E-state index in [1.807, 2.05) is 45.0 Å². The molecule has 4 aromatic carbocycles. The maximum Gasteiger partial charge on any atom is 0.344 e. The van der Waals surface area contributed by atoms with Gasteiger partial charge in [-0.3, -0.25) is 0 Å². The normalized spacial score (nSPS) is 12.1. The van der Waals surface area contributed by atoms with Crippen molar-refractivity contribution in [2.24, 2.45) is 0 Å². The van der Waals surface area contributed by atoms with Gasteiger partial charge in [0.25, 0.3) is 20.0 Å². The number of hydrogen-bond donors (Lipinski definition) is 0. The molecule has 1 heterocycles.